The fraction of sp³-hybridized carbons (Fsp3) is 0.118. The molecule has 8 nitrogen and oxygen atoms in total. The van der Waals surface area contributed by atoms with Crippen LogP contribution in [-0.2, 0) is 14.3 Å². The Morgan fingerprint density at radius 2 is 1.73 bits per heavy atom. The second-order valence-corrected chi connectivity index (χ2v) is 10.8. The summed E-state index contributed by atoms with van der Waals surface area (Å²) in [6.45, 7) is 1.82. The van der Waals surface area contributed by atoms with Crippen molar-refractivity contribution in [1.82, 2.24) is 4.57 Å². The number of carbonyl (C=O) groups is 2. The highest BCUT2D eigenvalue weighted by atomic mass is 32.1. The fourth-order valence-electron chi connectivity index (χ4n) is 5.03. The van der Waals surface area contributed by atoms with Crippen LogP contribution in [0.1, 0.15) is 40.2 Å². The highest BCUT2D eigenvalue weighted by molar-refractivity contribution is 7.07. The molecule has 0 saturated heterocycles. The zero-order valence-corrected chi connectivity index (χ0v) is 24.5. The summed E-state index contributed by atoms with van der Waals surface area (Å²) in [6.07, 6.45) is 1.61. The van der Waals surface area contributed by atoms with Gasteiger partial charge in [-0.15, -0.1) is 0 Å². The molecule has 10 heteroatoms. The van der Waals surface area contributed by atoms with E-state index in [1.165, 1.54) is 23.8 Å². The lowest BCUT2D eigenvalue weighted by Crippen LogP contribution is -2.40. The molecule has 6 rings (SSSR count). The largest absolute Gasteiger partial charge is 0.465 e. The molecule has 3 heterocycles. The zero-order chi connectivity index (χ0) is 30.8. The molecular formula is C34H25FN2O6S. The summed E-state index contributed by atoms with van der Waals surface area (Å²) >= 11 is 1.14. The van der Waals surface area contributed by atoms with Gasteiger partial charge in [0.2, 0.25) is 0 Å². The first-order valence-corrected chi connectivity index (χ1v) is 14.5. The van der Waals surface area contributed by atoms with Crippen molar-refractivity contribution < 1.29 is 27.9 Å². The summed E-state index contributed by atoms with van der Waals surface area (Å²) in [5.41, 5.74) is 2.39. The molecule has 220 valence electrons. The zero-order valence-electron chi connectivity index (χ0n) is 23.7. The van der Waals surface area contributed by atoms with Crippen molar-refractivity contribution in [3.8, 4) is 11.3 Å². The number of esters is 2. The Bertz CT molecular complexity index is 2090. The van der Waals surface area contributed by atoms with Gasteiger partial charge in [0, 0.05) is 17.2 Å². The van der Waals surface area contributed by atoms with Gasteiger partial charge in [0.15, 0.2) is 4.80 Å². The molecule has 1 aliphatic rings. The topological polar surface area (TPSA) is 100 Å². The number of fused-ring (bicyclic) bond motifs is 1. The van der Waals surface area contributed by atoms with E-state index in [-0.39, 0.29) is 12.2 Å². The predicted molar refractivity (Wildman–Crippen MR) is 163 cm³/mol. The fourth-order valence-corrected chi connectivity index (χ4v) is 6.01. The van der Waals surface area contributed by atoms with Gasteiger partial charge < -0.3 is 13.9 Å². The second-order valence-electron chi connectivity index (χ2n) is 9.76. The number of furan rings is 1. The summed E-state index contributed by atoms with van der Waals surface area (Å²) in [6, 6.07) is 24.2. The SMILES string of the molecule is CCOC(=O)C1=C(c2ccccc2)N=c2s/c(=C\c3ccc(-c4cccc(C(=O)OC)c4)o3)c(=O)n2C1c1ccc(F)cc1. The molecule has 5 aromatic rings. The molecule has 0 spiro atoms. The van der Waals surface area contributed by atoms with Gasteiger partial charge in [0.05, 0.1) is 41.1 Å². The number of aromatic nitrogens is 1. The van der Waals surface area contributed by atoms with E-state index in [9.17, 15) is 18.8 Å². The van der Waals surface area contributed by atoms with Crippen molar-refractivity contribution in [3.05, 3.63) is 145 Å². The van der Waals surface area contributed by atoms with Gasteiger partial charge >= 0.3 is 11.9 Å². The molecular weight excluding hydrogens is 583 g/mol. The van der Waals surface area contributed by atoms with Crippen molar-refractivity contribution in [2.24, 2.45) is 4.99 Å². The van der Waals surface area contributed by atoms with Crippen LogP contribution in [0.2, 0.25) is 0 Å². The number of halogens is 1. The maximum absolute atomic E-state index is 14.0. The Hall–Kier alpha value is -5.35. The molecule has 0 radical (unpaired) electrons. The molecule has 0 fully saturated rings. The Morgan fingerprint density at radius 1 is 0.977 bits per heavy atom. The number of thiazole rings is 1. The summed E-state index contributed by atoms with van der Waals surface area (Å²) in [5, 5.41) is 0. The maximum Gasteiger partial charge on any atom is 0.338 e. The van der Waals surface area contributed by atoms with Crippen molar-refractivity contribution in [1.29, 1.82) is 0 Å². The van der Waals surface area contributed by atoms with E-state index in [1.807, 2.05) is 30.3 Å². The van der Waals surface area contributed by atoms with Crippen LogP contribution in [0, 0.1) is 5.82 Å². The number of nitrogens with zero attached hydrogens (tertiary/aromatic N) is 2. The van der Waals surface area contributed by atoms with Crippen molar-refractivity contribution in [3.63, 3.8) is 0 Å². The highest BCUT2D eigenvalue weighted by Crippen LogP contribution is 2.35. The van der Waals surface area contributed by atoms with Crippen LogP contribution in [-0.4, -0.2) is 30.2 Å². The summed E-state index contributed by atoms with van der Waals surface area (Å²) in [5.74, 6) is -0.636. The third-order valence-corrected chi connectivity index (χ3v) is 8.01. The van der Waals surface area contributed by atoms with E-state index in [4.69, 9.17) is 18.9 Å². The van der Waals surface area contributed by atoms with Crippen LogP contribution < -0.4 is 14.9 Å². The van der Waals surface area contributed by atoms with E-state index in [2.05, 4.69) is 0 Å². The lowest BCUT2D eigenvalue weighted by Gasteiger charge is -2.25. The molecule has 1 atom stereocenters. The smallest absolute Gasteiger partial charge is 0.338 e. The molecule has 3 aromatic carbocycles. The van der Waals surface area contributed by atoms with Gasteiger partial charge in [-0.25, -0.2) is 19.0 Å². The van der Waals surface area contributed by atoms with Gasteiger partial charge in [-0.3, -0.25) is 9.36 Å². The summed E-state index contributed by atoms with van der Waals surface area (Å²) in [7, 11) is 1.31. The van der Waals surface area contributed by atoms with E-state index in [1.54, 1.807) is 61.5 Å². The van der Waals surface area contributed by atoms with Gasteiger partial charge in [-0.2, -0.15) is 0 Å². The molecule has 2 aromatic heterocycles. The van der Waals surface area contributed by atoms with Crippen LogP contribution in [0.4, 0.5) is 4.39 Å². The first kappa shape index (κ1) is 28.8. The Morgan fingerprint density at radius 3 is 2.45 bits per heavy atom. The monoisotopic (exact) mass is 608 g/mol. The van der Waals surface area contributed by atoms with Crippen LogP contribution in [0.15, 0.2) is 111 Å². The van der Waals surface area contributed by atoms with E-state index in [0.717, 1.165) is 11.3 Å². The summed E-state index contributed by atoms with van der Waals surface area (Å²) < 4.78 is 32.0. The average Bonchev–Trinajstić information content (AvgIpc) is 3.65. The van der Waals surface area contributed by atoms with Crippen molar-refractivity contribution in [2.75, 3.05) is 13.7 Å². The number of methoxy groups -OCH3 is 1. The first-order chi connectivity index (χ1) is 21.4. The number of carbonyl (C=O) groups excluding carboxylic acids is 2. The van der Waals surface area contributed by atoms with Crippen LogP contribution in [0.5, 0.6) is 0 Å². The number of hydrogen-bond acceptors (Lipinski definition) is 8. The third-order valence-electron chi connectivity index (χ3n) is 7.03. The number of benzene rings is 3. The van der Waals surface area contributed by atoms with Gasteiger partial charge in [0.1, 0.15) is 17.3 Å². The Balaban J connectivity index is 1.52. The van der Waals surface area contributed by atoms with Gasteiger partial charge in [-0.1, -0.05) is 65.9 Å². The van der Waals surface area contributed by atoms with E-state index in [0.29, 0.717) is 48.8 Å². The van der Waals surface area contributed by atoms with Gasteiger partial charge in [0.25, 0.3) is 5.56 Å². The van der Waals surface area contributed by atoms with Crippen molar-refractivity contribution >= 4 is 35.0 Å². The van der Waals surface area contributed by atoms with Gasteiger partial charge in [-0.05, 0) is 48.9 Å². The van der Waals surface area contributed by atoms with Crippen LogP contribution in [0.3, 0.4) is 0 Å². The number of rotatable bonds is 7. The highest BCUT2D eigenvalue weighted by Gasteiger charge is 2.35. The van der Waals surface area contributed by atoms with E-state index < -0.39 is 29.4 Å². The second kappa shape index (κ2) is 12.1. The quantitative estimate of drug-likeness (QED) is 0.238. The maximum atomic E-state index is 14.0. The number of hydrogen-bond donors (Lipinski definition) is 0. The number of ether oxygens (including phenoxy) is 2. The molecule has 0 aliphatic carbocycles. The molecule has 0 bridgehead atoms. The average molecular weight is 609 g/mol. The Kier molecular flexibility index (Phi) is 7.91. The lowest BCUT2D eigenvalue weighted by molar-refractivity contribution is -0.138. The van der Waals surface area contributed by atoms with Crippen LogP contribution in [0.25, 0.3) is 23.1 Å². The molecule has 1 unspecified atom stereocenters. The third kappa shape index (κ3) is 5.43. The normalized spacial score (nSPS) is 14.6. The minimum absolute atomic E-state index is 0.119. The molecule has 44 heavy (non-hydrogen) atoms. The molecule has 1 aliphatic heterocycles. The standard InChI is InChI=1S/C34H25FN2O6S/c1-3-42-33(40)28-29(20-8-5-4-6-9-20)36-34-37(30(28)21-12-14-24(35)15-13-21)31(38)27(44-34)19-25-16-17-26(43-25)22-10-7-11-23(18-22)32(39)41-2/h4-19,30H,3H2,1-2H3/b27-19-. The first-order valence-electron chi connectivity index (χ1n) is 13.7. The molecule has 0 N–H and O–H groups in total. The Labute approximate surface area is 254 Å². The molecule has 0 saturated carbocycles. The van der Waals surface area contributed by atoms with Crippen LogP contribution >= 0.6 is 11.3 Å². The predicted octanol–water partition coefficient (Wildman–Crippen LogP) is 5.12. The van der Waals surface area contributed by atoms with Crippen molar-refractivity contribution in [2.45, 2.75) is 13.0 Å². The molecule has 0 amide bonds. The van der Waals surface area contributed by atoms with E-state index >= 15 is 0 Å². The minimum atomic E-state index is -0.920. The summed E-state index contributed by atoms with van der Waals surface area (Å²) in [4.78, 5) is 44.6. The minimum Gasteiger partial charge on any atom is -0.465 e. The lowest BCUT2D eigenvalue weighted by atomic mass is 9.93.